The van der Waals surface area contributed by atoms with Gasteiger partial charge in [0.05, 0.1) is 17.8 Å². The molecule has 0 spiro atoms. The first-order valence-electron chi connectivity index (χ1n) is 6.97. The van der Waals surface area contributed by atoms with Crippen LogP contribution < -0.4 is 11.1 Å². The van der Waals surface area contributed by atoms with Crippen LogP contribution in [0.4, 0.5) is 10.2 Å². The summed E-state index contributed by atoms with van der Waals surface area (Å²) in [6.45, 7) is 2.19. The van der Waals surface area contributed by atoms with Crippen molar-refractivity contribution in [3.05, 3.63) is 46.9 Å². The smallest absolute Gasteiger partial charge is 0.225 e. The lowest BCUT2D eigenvalue weighted by Crippen LogP contribution is -2.20. The predicted molar refractivity (Wildman–Crippen MR) is 84.3 cm³/mol. The second-order valence-electron chi connectivity index (χ2n) is 5.19. The van der Waals surface area contributed by atoms with E-state index in [1.165, 1.54) is 12.1 Å². The number of carbonyl (C=O) groups excluding carboxylic acids is 1. The van der Waals surface area contributed by atoms with E-state index in [-0.39, 0.29) is 17.0 Å². The third-order valence-electron chi connectivity index (χ3n) is 3.13. The summed E-state index contributed by atoms with van der Waals surface area (Å²) in [6.07, 6.45) is 2.54. The van der Waals surface area contributed by atoms with Crippen LogP contribution in [0.25, 0.3) is 0 Å². The van der Waals surface area contributed by atoms with E-state index in [0.717, 1.165) is 0 Å². The average Bonchev–Trinajstić information content (AvgIpc) is 2.88. The number of carbonyl (C=O) groups is 1. The largest absolute Gasteiger partial charge is 0.328 e. The lowest BCUT2D eigenvalue weighted by molar-refractivity contribution is -0.116. The summed E-state index contributed by atoms with van der Waals surface area (Å²) in [4.78, 5) is 11.8. The van der Waals surface area contributed by atoms with Gasteiger partial charge >= 0.3 is 0 Å². The van der Waals surface area contributed by atoms with Gasteiger partial charge in [-0.3, -0.25) is 4.79 Å². The Morgan fingerprint density at radius 2 is 2.27 bits per heavy atom. The number of rotatable bonds is 6. The van der Waals surface area contributed by atoms with Crippen molar-refractivity contribution in [1.29, 1.82) is 0 Å². The van der Waals surface area contributed by atoms with Crippen LogP contribution in [-0.4, -0.2) is 21.7 Å². The van der Waals surface area contributed by atoms with E-state index < -0.39 is 5.82 Å². The molecule has 1 aromatic heterocycles. The van der Waals surface area contributed by atoms with Crippen molar-refractivity contribution in [2.24, 2.45) is 5.73 Å². The summed E-state index contributed by atoms with van der Waals surface area (Å²) in [7, 11) is 0. The van der Waals surface area contributed by atoms with Gasteiger partial charge in [0.25, 0.3) is 0 Å². The van der Waals surface area contributed by atoms with Crippen molar-refractivity contribution < 1.29 is 9.18 Å². The third-order valence-corrected chi connectivity index (χ3v) is 3.43. The van der Waals surface area contributed by atoms with Crippen LogP contribution in [0.3, 0.4) is 0 Å². The molecule has 0 aliphatic rings. The van der Waals surface area contributed by atoms with Gasteiger partial charge in [-0.15, -0.1) is 0 Å². The number of aromatic nitrogens is 2. The minimum absolute atomic E-state index is 0.0206. The molecular weight excluding hydrogens is 307 g/mol. The van der Waals surface area contributed by atoms with Gasteiger partial charge in [0, 0.05) is 18.5 Å². The van der Waals surface area contributed by atoms with Crippen molar-refractivity contribution >= 4 is 23.3 Å². The SMILES string of the molecule is CC(N)CCC(=O)Nc1ccnn1Cc1ccc(Cl)c(F)c1. The molecule has 7 heteroatoms. The Kier molecular flexibility index (Phi) is 5.51. The Morgan fingerprint density at radius 1 is 1.50 bits per heavy atom. The van der Waals surface area contributed by atoms with Crippen molar-refractivity contribution in [2.75, 3.05) is 5.32 Å². The zero-order valence-corrected chi connectivity index (χ0v) is 13.0. The summed E-state index contributed by atoms with van der Waals surface area (Å²) >= 11 is 5.66. The standard InChI is InChI=1S/C15H18ClFN4O/c1-10(18)2-5-15(22)20-14-6-7-19-21(14)9-11-3-4-12(16)13(17)8-11/h3-4,6-8,10H,2,5,9,18H2,1H3,(H,20,22). The van der Waals surface area contributed by atoms with E-state index in [4.69, 9.17) is 17.3 Å². The molecule has 0 radical (unpaired) electrons. The van der Waals surface area contributed by atoms with E-state index in [2.05, 4.69) is 10.4 Å². The number of amides is 1. The lowest BCUT2D eigenvalue weighted by atomic mass is 10.2. The number of anilines is 1. The fourth-order valence-corrected chi connectivity index (χ4v) is 2.06. The van der Waals surface area contributed by atoms with Crippen LogP contribution in [0.1, 0.15) is 25.3 Å². The number of nitrogens with one attached hydrogen (secondary N) is 1. The van der Waals surface area contributed by atoms with E-state index in [9.17, 15) is 9.18 Å². The van der Waals surface area contributed by atoms with E-state index >= 15 is 0 Å². The number of nitrogens with two attached hydrogens (primary N) is 1. The maximum Gasteiger partial charge on any atom is 0.225 e. The molecule has 2 aromatic rings. The van der Waals surface area contributed by atoms with Gasteiger partial charge in [-0.05, 0) is 31.0 Å². The first-order valence-corrected chi connectivity index (χ1v) is 7.34. The highest BCUT2D eigenvalue weighted by atomic mass is 35.5. The lowest BCUT2D eigenvalue weighted by Gasteiger charge is -2.10. The molecule has 1 atom stereocenters. The average molecular weight is 325 g/mol. The highest BCUT2D eigenvalue weighted by molar-refractivity contribution is 6.30. The Hall–Kier alpha value is -1.92. The van der Waals surface area contributed by atoms with Crippen molar-refractivity contribution in [1.82, 2.24) is 9.78 Å². The van der Waals surface area contributed by atoms with Gasteiger partial charge in [0.1, 0.15) is 11.6 Å². The summed E-state index contributed by atoms with van der Waals surface area (Å²) in [5.41, 5.74) is 6.33. The van der Waals surface area contributed by atoms with Gasteiger partial charge in [0.2, 0.25) is 5.91 Å². The van der Waals surface area contributed by atoms with Gasteiger partial charge < -0.3 is 11.1 Å². The summed E-state index contributed by atoms with van der Waals surface area (Å²) in [5.74, 6) is -0.0415. The molecule has 2 rings (SSSR count). The Morgan fingerprint density at radius 3 is 2.95 bits per heavy atom. The molecule has 1 heterocycles. The van der Waals surface area contributed by atoms with Crippen molar-refractivity contribution in [2.45, 2.75) is 32.4 Å². The molecule has 0 aliphatic carbocycles. The number of nitrogens with zero attached hydrogens (tertiary/aromatic N) is 2. The molecule has 118 valence electrons. The van der Waals surface area contributed by atoms with Crippen LogP contribution in [0.5, 0.6) is 0 Å². The molecule has 3 N–H and O–H groups in total. The topological polar surface area (TPSA) is 72.9 Å². The second kappa shape index (κ2) is 7.38. The molecule has 5 nitrogen and oxygen atoms in total. The van der Waals surface area contributed by atoms with E-state index in [0.29, 0.717) is 30.8 Å². The molecule has 1 aromatic carbocycles. The number of halogens is 2. The third kappa shape index (κ3) is 4.54. The normalized spacial score (nSPS) is 12.2. The molecule has 0 saturated heterocycles. The molecular formula is C15H18ClFN4O. The summed E-state index contributed by atoms with van der Waals surface area (Å²) in [6, 6.07) is 6.24. The first kappa shape index (κ1) is 16.5. The Bertz CT molecular complexity index is 657. The van der Waals surface area contributed by atoms with Crippen LogP contribution in [0.2, 0.25) is 5.02 Å². The Balaban J connectivity index is 2.03. The number of benzene rings is 1. The first-order chi connectivity index (χ1) is 10.5. The van der Waals surface area contributed by atoms with Crippen molar-refractivity contribution in [3.8, 4) is 0 Å². The van der Waals surface area contributed by atoms with Crippen LogP contribution in [0.15, 0.2) is 30.5 Å². The Labute approximate surface area is 133 Å². The van der Waals surface area contributed by atoms with E-state index in [1.54, 1.807) is 23.0 Å². The maximum atomic E-state index is 13.5. The minimum Gasteiger partial charge on any atom is -0.328 e. The molecule has 1 amide bonds. The fraction of sp³-hybridized carbons (Fsp3) is 0.333. The van der Waals surface area contributed by atoms with Crippen LogP contribution in [-0.2, 0) is 11.3 Å². The predicted octanol–water partition coefficient (Wildman–Crippen LogP) is 2.79. The number of hydrogen-bond acceptors (Lipinski definition) is 3. The number of hydrogen-bond donors (Lipinski definition) is 2. The quantitative estimate of drug-likeness (QED) is 0.858. The molecule has 0 aliphatic heterocycles. The van der Waals surface area contributed by atoms with Crippen molar-refractivity contribution in [3.63, 3.8) is 0 Å². The molecule has 0 bridgehead atoms. The van der Waals surface area contributed by atoms with Gasteiger partial charge in [-0.1, -0.05) is 17.7 Å². The summed E-state index contributed by atoms with van der Waals surface area (Å²) < 4.78 is 15.0. The highest BCUT2D eigenvalue weighted by Crippen LogP contribution is 2.17. The monoisotopic (exact) mass is 324 g/mol. The van der Waals surface area contributed by atoms with Gasteiger partial charge in [-0.2, -0.15) is 5.10 Å². The van der Waals surface area contributed by atoms with Gasteiger partial charge in [0.15, 0.2) is 0 Å². The zero-order chi connectivity index (χ0) is 16.1. The molecule has 1 unspecified atom stereocenters. The maximum absolute atomic E-state index is 13.5. The zero-order valence-electron chi connectivity index (χ0n) is 12.2. The van der Waals surface area contributed by atoms with Crippen LogP contribution >= 0.6 is 11.6 Å². The van der Waals surface area contributed by atoms with Gasteiger partial charge in [-0.25, -0.2) is 9.07 Å². The molecule has 0 saturated carbocycles. The summed E-state index contributed by atoms with van der Waals surface area (Å²) in [5, 5.41) is 6.99. The second-order valence-corrected chi connectivity index (χ2v) is 5.59. The highest BCUT2D eigenvalue weighted by Gasteiger charge is 2.09. The van der Waals surface area contributed by atoms with Crippen LogP contribution in [0, 0.1) is 5.82 Å². The van der Waals surface area contributed by atoms with E-state index in [1.807, 2.05) is 6.92 Å². The molecule has 22 heavy (non-hydrogen) atoms. The fourth-order valence-electron chi connectivity index (χ4n) is 1.94. The minimum atomic E-state index is -0.478. The molecule has 0 fully saturated rings.